The van der Waals surface area contributed by atoms with Gasteiger partial charge in [-0.15, -0.1) is 5.73 Å². The number of benzene rings is 1. The molecular formula is C15H12O. The Morgan fingerprint density at radius 2 is 1.69 bits per heavy atom. The van der Waals surface area contributed by atoms with Gasteiger partial charge in [-0.1, -0.05) is 30.3 Å². The standard InChI is InChI=1S/C15H12O/c16-15-11-9-14(10-12-15)8-4-7-13-5-2-1-3-6-13/h1-6,9-12H,7H2. The summed E-state index contributed by atoms with van der Waals surface area (Å²) < 4.78 is 0. The van der Waals surface area contributed by atoms with Crippen LogP contribution in [-0.4, -0.2) is 5.78 Å². The van der Waals surface area contributed by atoms with E-state index in [1.54, 1.807) is 24.3 Å². The minimum atomic E-state index is 0.0357. The van der Waals surface area contributed by atoms with Crippen molar-refractivity contribution in [3.8, 4) is 0 Å². The number of allylic oxidation sites excluding steroid dienone is 5. The second-order valence-corrected chi connectivity index (χ2v) is 3.56. The van der Waals surface area contributed by atoms with Crippen LogP contribution in [0, 0.1) is 0 Å². The Labute approximate surface area is 95.1 Å². The van der Waals surface area contributed by atoms with Crippen LogP contribution >= 0.6 is 0 Å². The Hall–Kier alpha value is -2.11. The van der Waals surface area contributed by atoms with Crippen LogP contribution in [0.1, 0.15) is 5.56 Å². The molecule has 1 nitrogen and oxygen atoms in total. The maximum atomic E-state index is 10.9. The summed E-state index contributed by atoms with van der Waals surface area (Å²) in [6.45, 7) is 0. The minimum absolute atomic E-state index is 0.0357. The second-order valence-electron chi connectivity index (χ2n) is 3.56. The third-order valence-corrected chi connectivity index (χ3v) is 2.30. The summed E-state index contributed by atoms with van der Waals surface area (Å²) in [5, 5.41) is 0. The number of ketones is 1. The van der Waals surface area contributed by atoms with E-state index in [1.165, 1.54) is 5.56 Å². The van der Waals surface area contributed by atoms with Crippen LogP contribution in [0.4, 0.5) is 0 Å². The van der Waals surface area contributed by atoms with Gasteiger partial charge in [0.25, 0.3) is 0 Å². The molecule has 0 aromatic heterocycles. The topological polar surface area (TPSA) is 17.1 Å². The molecule has 1 aromatic carbocycles. The molecule has 0 amide bonds. The number of carbonyl (C=O) groups excluding carboxylic acids is 1. The molecule has 0 fully saturated rings. The van der Waals surface area contributed by atoms with E-state index in [-0.39, 0.29) is 5.78 Å². The summed E-state index contributed by atoms with van der Waals surface area (Å²) in [6.07, 6.45) is 9.51. The zero-order valence-electron chi connectivity index (χ0n) is 8.89. The molecule has 0 aliphatic heterocycles. The van der Waals surface area contributed by atoms with Crippen molar-refractivity contribution in [2.75, 3.05) is 0 Å². The fourth-order valence-electron chi connectivity index (χ4n) is 1.45. The highest BCUT2D eigenvalue weighted by atomic mass is 16.1. The van der Waals surface area contributed by atoms with Crippen LogP contribution in [-0.2, 0) is 11.2 Å². The molecule has 0 N–H and O–H groups in total. The molecule has 0 heterocycles. The van der Waals surface area contributed by atoms with Crippen molar-refractivity contribution in [2.45, 2.75) is 6.42 Å². The van der Waals surface area contributed by atoms with Gasteiger partial charge in [0.1, 0.15) is 0 Å². The van der Waals surface area contributed by atoms with E-state index >= 15 is 0 Å². The maximum absolute atomic E-state index is 10.9. The highest BCUT2D eigenvalue weighted by Gasteiger charge is 1.95. The van der Waals surface area contributed by atoms with Crippen molar-refractivity contribution >= 4 is 5.78 Å². The average Bonchev–Trinajstić information content (AvgIpc) is 2.33. The Bertz CT molecular complexity index is 479. The monoisotopic (exact) mass is 208 g/mol. The van der Waals surface area contributed by atoms with E-state index < -0.39 is 0 Å². The number of carbonyl (C=O) groups is 1. The van der Waals surface area contributed by atoms with Crippen molar-refractivity contribution in [3.05, 3.63) is 77.6 Å². The Morgan fingerprint density at radius 3 is 2.38 bits per heavy atom. The molecule has 0 saturated heterocycles. The summed E-state index contributed by atoms with van der Waals surface area (Å²) in [7, 11) is 0. The summed E-state index contributed by atoms with van der Waals surface area (Å²) >= 11 is 0. The highest BCUT2D eigenvalue weighted by Crippen LogP contribution is 2.05. The van der Waals surface area contributed by atoms with E-state index in [4.69, 9.17) is 0 Å². The Morgan fingerprint density at radius 1 is 1.00 bits per heavy atom. The molecule has 1 aliphatic rings. The molecule has 16 heavy (non-hydrogen) atoms. The summed E-state index contributed by atoms with van der Waals surface area (Å²) in [6, 6.07) is 10.2. The van der Waals surface area contributed by atoms with Crippen molar-refractivity contribution in [1.29, 1.82) is 0 Å². The van der Waals surface area contributed by atoms with Crippen LogP contribution in [0.2, 0.25) is 0 Å². The molecular weight excluding hydrogens is 196 g/mol. The van der Waals surface area contributed by atoms with E-state index in [2.05, 4.69) is 17.9 Å². The van der Waals surface area contributed by atoms with Gasteiger partial charge in [-0.2, -0.15) is 0 Å². The predicted molar refractivity (Wildman–Crippen MR) is 65.0 cm³/mol. The third kappa shape index (κ3) is 2.94. The van der Waals surface area contributed by atoms with Gasteiger partial charge in [-0.3, -0.25) is 4.79 Å². The third-order valence-electron chi connectivity index (χ3n) is 2.30. The highest BCUT2D eigenvalue weighted by molar-refractivity contribution is 6.01. The first-order chi connectivity index (χ1) is 7.84. The normalized spacial score (nSPS) is 13.8. The van der Waals surface area contributed by atoms with E-state index in [0.717, 1.165) is 12.0 Å². The quantitative estimate of drug-likeness (QED) is 0.683. The molecule has 1 aromatic rings. The molecule has 78 valence electrons. The lowest BCUT2D eigenvalue weighted by molar-refractivity contribution is -0.110. The lowest BCUT2D eigenvalue weighted by atomic mass is 10.1. The van der Waals surface area contributed by atoms with E-state index in [1.807, 2.05) is 24.3 Å². The van der Waals surface area contributed by atoms with Gasteiger partial charge in [0, 0.05) is 5.57 Å². The van der Waals surface area contributed by atoms with Crippen LogP contribution in [0.5, 0.6) is 0 Å². The van der Waals surface area contributed by atoms with Crippen molar-refractivity contribution in [3.63, 3.8) is 0 Å². The molecule has 1 heteroatoms. The molecule has 0 spiro atoms. The number of hydrogen-bond donors (Lipinski definition) is 0. The first kappa shape index (κ1) is 10.4. The van der Waals surface area contributed by atoms with Gasteiger partial charge in [0.2, 0.25) is 0 Å². The molecule has 0 bridgehead atoms. The van der Waals surface area contributed by atoms with Gasteiger partial charge in [-0.25, -0.2) is 0 Å². The lowest BCUT2D eigenvalue weighted by Crippen LogP contribution is -1.90. The van der Waals surface area contributed by atoms with E-state index in [9.17, 15) is 4.79 Å². The van der Waals surface area contributed by atoms with Gasteiger partial charge >= 0.3 is 0 Å². The molecule has 0 unspecified atom stereocenters. The van der Waals surface area contributed by atoms with Gasteiger partial charge in [-0.05, 0) is 42.4 Å². The van der Waals surface area contributed by atoms with E-state index in [0.29, 0.717) is 0 Å². The summed E-state index contributed by atoms with van der Waals surface area (Å²) in [5.41, 5.74) is 5.36. The smallest absolute Gasteiger partial charge is 0.178 e. The number of rotatable bonds is 2. The van der Waals surface area contributed by atoms with Crippen molar-refractivity contribution < 1.29 is 4.79 Å². The zero-order valence-corrected chi connectivity index (χ0v) is 8.89. The predicted octanol–water partition coefficient (Wildman–Crippen LogP) is 3.01. The van der Waals surface area contributed by atoms with Gasteiger partial charge in [0.05, 0.1) is 0 Å². The first-order valence-electron chi connectivity index (χ1n) is 5.24. The Balaban J connectivity index is 2.05. The van der Waals surface area contributed by atoms with Crippen molar-refractivity contribution in [1.82, 2.24) is 0 Å². The van der Waals surface area contributed by atoms with Crippen LogP contribution < -0.4 is 0 Å². The fraction of sp³-hybridized carbons (Fsp3) is 0.0667. The minimum Gasteiger partial charge on any atom is -0.290 e. The van der Waals surface area contributed by atoms with Crippen LogP contribution in [0.25, 0.3) is 0 Å². The van der Waals surface area contributed by atoms with Crippen molar-refractivity contribution in [2.24, 2.45) is 0 Å². The molecule has 0 radical (unpaired) electrons. The van der Waals surface area contributed by atoms with Crippen LogP contribution in [0.15, 0.2) is 72.0 Å². The average molecular weight is 208 g/mol. The summed E-state index contributed by atoms with van der Waals surface area (Å²) in [5.74, 6) is 0.0357. The zero-order chi connectivity index (χ0) is 11.2. The fourth-order valence-corrected chi connectivity index (χ4v) is 1.45. The summed E-state index contributed by atoms with van der Waals surface area (Å²) in [4.78, 5) is 10.9. The molecule has 1 aliphatic carbocycles. The van der Waals surface area contributed by atoms with Crippen LogP contribution in [0.3, 0.4) is 0 Å². The maximum Gasteiger partial charge on any atom is 0.178 e. The second kappa shape index (κ2) is 5.11. The molecule has 2 rings (SSSR count). The van der Waals surface area contributed by atoms with Gasteiger partial charge < -0.3 is 0 Å². The number of hydrogen-bond acceptors (Lipinski definition) is 1. The molecule has 0 saturated carbocycles. The van der Waals surface area contributed by atoms with Gasteiger partial charge in [0.15, 0.2) is 5.78 Å². The lowest BCUT2D eigenvalue weighted by Gasteiger charge is -1.95. The SMILES string of the molecule is O=C1C=CC(=C=CCc2ccccc2)C=C1. The molecule has 0 atom stereocenters. The first-order valence-corrected chi connectivity index (χ1v) is 5.24. The largest absolute Gasteiger partial charge is 0.290 e. The Kier molecular flexibility index (Phi) is 3.32.